The van der Waals surface area contributed by atoms with Gasteiger partial charge in [-0.3, -0.25) is 4.79 Å². The first-order chi connectivity index (χ1) is 11.7. The lowest BCUT2D eigenvalue weighted by atomic mass is 10.0. The van der Waals surface area contributed by atoms with Crippen molar-refractivity contribution < 1.29 is 18.6 Å². The van der Waals surface area contributed by atoms with Gasteiger partial charge >= 0.3 is 0 Å². The molecular weight excluding hydrogens is 308 g/mol. The Balaban J connectivity index is 1.95. The van der Waals surface area contributed by atoms with Crippen molar-refractivity contribution in [3.8, 4) is 17.2 Å². The zero-order chi connectivity index (χ0) is 16.3. The van der Waals surface area contributed by atoms with Crippen molar-refractivity contribution in [3.63, 3.8) is 0 Å². The molecule has 2 heterocycles. The summed E-state index contributed by atoms with van der Waals surface area (Å²) in [4.78, 5) is 13.0. The molecule has 1 aromatic heterocycles. The van der Waals surface area contributed by atoms with E-state index in [0.29, 0.717) is 39.2 Å². The lowest BCUT2D eigenvalue weighted by molar-refractivity contribution is 0.174. The van der Waals surface area contributed by atoms with Crippen molar-refractivity contribution in [2.24, 2.45) is 0 Å². The van der Waals surface area contributed by atoms with E-state index in [2.05, 4.69) is 0 Å². The molecule has 5 heteroatoms. The SMILES string of the molecule is COc1ccc2c(=O)c3c(ccc4cc5c(cc43)OCO5)oc2c1. The molecule has 0 aliphatic carbocycles. The zero-order valence-corrected chi connectivity index (χ0v) is 12.8. The normalized spacial score (nSPS) is 13.0. The van der Waals surface area contributed by atoms with Gasteiger partial charge in [0.1, 0.15) is 16.9 Å². The minimum atomic E-state index is -0.0710. The van der Waals surface area contributed by atoms with E-state index >= 15 is 0 Å². The molecule has 3 aromatic carbocycles. The predicted octanol–water partition coefficient (Wildman–Crippen LogP) is 3.84. The topological polar surface area (TPSA) is 57.9 Å². The van der Waals surface area contributed by atoms with Crippen LogP contribution in [0.5, 0.6) is 17.2 Å². The van der Waals surface area contributed by atoms with Gasteiger partial charge in [0.05, 0.1) is 17.9 Å². The second-order valence-electron chi connectivity index (χ2n) is 5.66. The maximum absolute atomic E-state index is 13.0. The lowest BCUT2D eigenvalue weighted by Gasteiger charge is -2.07. The highest BCUT2D eigenvalue weighted by Crippen LogP contribution is 2.38. The molecule has 0 spiro atoms. The Labute approximate surface area is 136 Å². The molecule has 5 nitrogen and oxygen atoms in total. The minimum absolute atomic E-state index is 0.0710. The number of methoxy groups -OCH3 is 1. The molecule has 0 N–H and O–H groups in total. The summed E-state index contributed by atoms with van der Waals surface area (Å²) in [6.45, 7) is 0.195. The number of hydrogen-bond acceptors (Lipinski definition) is 5. The molecule has 118 valence electrons. The van der Waals surface area contributed by atoms with E-state index < -0.39 is 0 Å². The summed E-state index contributed by atoms with van der Waals surface area (Å²) < 4.78 is 22.0. The number of hydrogen-bond donors (Lipinski definition) is 0. The fourth-order valence-corrected chi connectivity index (χ4v) is 3.17. The molecule has 0 radical (unpaired) electrons. The molecule has 0 unspecified atom stereocenters. The van der Waals surface area contributed by atoms with Gasteiger partial charge < -0.3 is 18.6 Å². The van der Waals surface area contributed by atoms with E-state index in [1.807, 2.05) is 18.2 Å². The molecule has 0 saturated carbocycles. The van der Waals surface area contributed by atoms with Gasteiger partial charge in [-0.1, -0.05) is 6.07 Å². The highest BCUT2D eigenvalue weighted by atomic mass is 16.7. The molecule has 1 aliphatic heterocycles. The van der Waals surface area contributed by atoms with Crippen LogP contribution in [0.15, 0.2) is 51.7 Å². The maximum Gasteiger partial charge on any atom is 0.231 e. The van der Waals surface area contributed by atoms with E-state index in [1.54, 1.807) is 31.4 Å². The van der Waals surface area contributed by atoms with Crippen molar-refractivity contribution in [2.45, 2.75) is 0 Å². The second kappa shape index (κ2) is 4.64. The predicted molar refractivity (Wildman–Crippen MR) is 90.2 cm³/mol. The first-order valence-electron chi connectivity index (χ1n) is 7.51. The Morgan fingerprint density at radius 3 is 2.58 bits per heavy atom. The Morgan fingerprint density at radius 1 is 0.917 bits per heavy atom. The first-order valence-corrected chi connectivity index (χ1v) is 7.51. The van der Waals surface area contributed by atoms with Crippen LogP contribution in [0.3, 0.4) is 0 Å². The fraction of sp³-hybridized carbons (Fsp3) is 0.105. The third kappa shape index (κ3) is 1.72. The van der Waals surface area contributed by atoms with Crippen molar-refractivity contribution in [1.82, 2.24) is 0 Å². The largest absolute Gasteiger partial charge is 0.497 e. The minimum Gasteiger partial charge on any atom is -0.497 e. The molecule has 1 aliphatic rings. The number of benzene rings is 3. The molecule has 24 heavy (non-hydrogen) atoms. The maximum atomic E-state index is 13.0. The van der Waals surface area contributed by atoms with Gasteiger partial charge in [-0.2, -0.15) is 0 Å². The molecule has 0 bridgehead atoms. The molecular formula is C19H12O5. The summed E-state index contributed by atoms with van der Waals surface area (Å²) in [7, 11) is 1.58. The molecule has 0 atom stereocenters. The highest BCUT2D eigenvalue weighted by molar-refractivity contribution is 6.09. The van der Waals surface area contributed by atoms with Gasteiger partial charge in [0, 0.05) is 11.5 Å². The molecule has 0 saturated heterocycles. The summed E-state index contributed by atoms with van der Waals surface area (Å²) in [5.41, 5.74) is 0.970. The average molecular weight is 320 g/mol. The smallest absolute Gasteiger partial charge is 0.231 e. The van der Waals surface area contributed by atoms with E-state index in [1.165, 1.54) is 0 Å². The fourth-order valence-electron chi connectivity index (χ4n) is 3.17. The standard InChI is InChI=1S/C19H12O5/c1-21-11-3-4-12-15(7-11)24-14-5-2-10-6-16-17(23-9-22-16)8-13(10)18(14)19(12)20/h2-8H,9H2,1H3. The Morgan fingerprint density at radius 2 is 1.75 bits per heavy atom. The van der Waals surface area contributed by atoms with Crippen LogP contribution in [-0.2, 0) is 0 Å². The quantitative estimate of drug-likeness (QED) is 0.394. The van der Waals surface area contributed by atoms with Crippen molar-refractivity contribution in [3.05, 3.63) is 52.7 Å². The van der Waals surface area contributed by atoms with Gasteiger partial charge in [-0.05, 0) is 35.7 Å². The van der Waals surface area contributed by atoms with Crippen LogP contribution in [0.1, 0.15) is 0 Å². The highest BCUT2D eigenvalue weighted by Gasteiger charge is 2.18. The third-order valence-corrected chi connectivity index (χ3v) is 4.36. The monoisotopic (exact) mass is 320 g/mol. The third-order valence-electron chi connectivity index (χ3n) is 4.36. The molecule has 4 aromatic rings. The van der Waals surface area contributed by atoms with Crippen LogP contribution >= 0.6 is 0 Å². The van der Waals surface area contributed by atoms with Gasteiger partial charge in [0.2, 0.25) is 12.2 Å². The molecule has 0 amide bonds. The van der Waals surface area contributed by atoms with Crippen molar-refractivity contribution >= 4 is 32.7 Å². The Kier molecular flexibility index (Phi) is 2.56. The Hall–Kier alpha value is -3.21. The van der Waals surface area contributed by atoms with E-state index in [-0.39, 0.29) is 12.2 Å². The molecule has 5 rings (SSSR count). The van der Waals surface area contributed by atoms with E-state index in [0.717, 1.165) is 10.8 Å². The summed E-state index contributed by atoms with van der Waals surface area (Å²) in [5, 5.41) is 2.77. The van der Waals surface area contributed by atoms with Crippen LogP contribution < -0.4 is 19.6 Å². The van der Waals surface area contributed by atoms with Gasteiger partial charge in [0.15, 0.2) is 11.5 Å². The summed E-state index contributed by atoms with van der Waals surface area (Å²) in [6.07, 6.45) is 0. The zero-order valence-electron chi connectivity index (χ0n) is 12.8. The van der Waals surface area contributed by atoms with Crippen LogP contribution in [-0.4, -0.2) is 13.9 Å². The number of rotatable bonds is 1. The van der Waals surface area contributed by atoms with Gasteiger partial charge in [-0.15, -0.1) is 0 Å². The van der Waals surface area contributed by atoms with E-state index in [4.69, 9.17) is 18.6 Å². The summed E-state index contributed by atoms with van der Waals surface area (Å²) >= 11 is 0. The van der Waals surface area contributed by atoms with E-state index in [9.17, 15) is 4.79 Å². The van der Waals surface area contributed by atoms with Crippen molar-refractivity contribution in [1.29, 1.82) is 0 Å². The Bertz CT molecular complexity index is 1190. The second-order valence-corrected chi connectivity index (χ2v) is 5.66. The summed E-state index contributed by atoms with van der Waals surface area (Å²) in [6, 6.07) is 12.6. The van der Waals surface area contributed by atoms with Crippen molar-refractivity contribution in [2.75, 3.05) is 13.9 Å². The van der Waals surface area contributed by atoms with Crippen LogP contribution in [0.25, 0.3) is 32.7 Å². The summed E-state index contributed by atoms with van der Waals surface area (Å²) in [5.74, 6) is 1.98. The van der Waals surface area contributed by atoms with Crippen LogP contribution in [0, 0.1) is 0 Å². The van der Waals surface area contributed by atoms with Crippen LogP contribution in [0.4, 0.5) is 0 Å². The van der Waals surface area contributed by atoms with Gasteiger partial charge in [0.25, 0.3) is 0 Å². The molecule has 0 fully saturated rings. The number of ether oxygens (including phenoxy) is 3. The average Bonchev–Trinajstić information content (AvgIpc) is 3.06. The first kappa shape index (κ1) is 13.2. The lowest BCUT2D eigenvalue weighted by Crippen LogP contribution is -2.03. The van der Waals surface area contributed by atoms with Gasteiger partial charge in [-0.25, -0.2) is 0 Å². The van der Waals surface area contributed by atoms with Crippen LogP contribution in [0.2, 0.25) is 0 Å². The number of fused-ring (bicyclic) bond motifs is 5.